The fourth-order valence-corrected chi connectivity index (χ4v) is 5.67. The minimum Gasteiger partial charge on any atom is -0.294 e. The lowest BCUT2D eigenvalue weighted by atomic mass is 10.1. The van der Waals surface area contributed by atoms with Crippen molar-refractivity contribution in [2.75, 3.05) is 0 Å². The standard InChI is InChI=1S/C33H21N3/c1-2-12-24(13-3-1)35-30-16-8-6-14-26(30)28-21-29-27-15-7-9-17-31(27)36(33(29)34-32(28)35)25-19-18-22-10-4-5-11-23(22)20-25/h1-21H. The highest BCUT2D eigenvalue weighted by Crippen LogP contribution is 2.37. The van der Waals surface area contributed by atoms with Crippen LogP contribution in [0.2, 0.25) is 0 Å². The maximum atomic E-state index is 5.41. The highest BCUT2D eigenvalue weighted by Gasteiger charge is 2.19. The zero-order valence-electron chi connectivity index (χ0n) is 19.5. The summed E-state index contributed by atoms with van der Waals surface area (Å²) in [6.07, 6.45) is 0. The van der Waals surface area contributed by atoms with Crippen LogP contribution in [-0.4, -0.2) is 14.1 Å². The minimum absolute atomic E-state index is 0.971. The number of hydrogen-bond donors (Lipinski definition) is 0. The third-order valence-electron chi connectivity index (χ3n) is 7.28. The lowest BCUT2D eigenvalue weighted by Crippen LogP contribution is -1.98. The number of hydrogen-bond acceptors (Lipinski definition) is 1. The first-order valence-electron chi connectivity index (χ1n) is 12.2. The van der Waals surface area contributed by atoms with E-state index in [0.717, 1.165) is 22.7 Å². The van der Waals surface area contributed by atoms with Crippen molar-refractivity contribution < 1.29 is 0 Å². The summed E-state index contributed by atoms with van der Waals surface area (Å²) in [5, 5.41) is 7.23. The maximum absolute atomic E-state index is 5.41. The van der Waals surface area contributed by atoms with Crippen molar-refractivity contribution >= 4 is 54.6 Å². The van der Waals surface area contributed by atoms with Crippen LogP contribution in [0, 0.1) is 0 Å². The third-order valence-corrected chi connectivity index (χ3v) is 7.28. The van der Waals surface area contributed by atoms with E-state index in [1.807, 2.05) is 0 Å². The molecule has 0 aliphatic rings. The number of rotatable bonds is 2. The fraction of sp³-hybridized carbons (Fsp3) is 0. The van der Waals surface area contributed by atoms with Crippen LogP contribution in [0.3, 0.4) is 0 Å². The highest BCUT2D eigenvalue weighted by molar-refractivity contribution is 6.16. The Morgan fingerprint density at radius 1 is 0.389 bits per heavy atom. The number of aromatic nitrogens is 3. The zero-order chi connectivity index (χ0) is 23.6. The molecule has 168 valence electrons. The van der Waals surface area contributed by atoms with E-state index >= 15 is 0 Å². The van der Waals surface area contributed by atoms with E-state index in [-0.39, 0.29) is 0 Å². The Kier molecular flexibility index (Phi) is 3.94. The average molecular weight is 460 g/mol. The predicted molar refractivity (Wildman–Crippen MR) is 150 cm³/mol. The number of nitrogens with zero attached hydrogens (tertiary/aromatic N) is 3. The summed E-state index contributed by atoms with van der Waals surface area (Å²) >= 11 is 0. The van der Waals surface area contributed by atoms with Gasteiger partial charge in [-0.1, -0.05) is 84.9 Å². The third kappa shape index (κ3) is 2.65. The van der Waals surface area contributed by atoms with Crippen molar-refractivity contribution in [1.29, 1.82) is 0 Å². The largest absolute Gasteiger partial charge is 0.294 e. The molecule has 3 heteroatoms. The van der Waals surface area contributed by atoms with Gasteiger partial charge in [0.2, 0.25) is 0 Å². The Bertz CT molecular complexity index is 2100. The van der Waals surface area contributed by atoms with E-state index < -0.39 is 0 Å². The Labute approximate surface area is 207 Å². The second-order valence-electron chi connectivity index (χ2n) is 9.30. The molecule has 3 nitrogen and oxygen atoms in total. The molecule has 36 heavy (non-hydrogen) atoms. The van der Waals surface area contributed by atoms with Gasteiger partial charge in [0.1, 0.15) is 11.3 Å². The van der Waals surface area contributed by atoms with Crippen LogP contribution in [0.5, 0.6) is 0 Å². The molecule has 0 aliphatic carbocycles. The van der Waals surface area contributed by atoms with Crippen LogP contribution in [0.1, 0.15) is 0 Å². The molecule has 8 aromatic rings. The van der Waals surface area contributed by atoms with Crippen LogP contribution in [0.15, 0.2) is 127 Å². The van der Waals surface area contributed by atoms with Crippen LogP contribution >= 0.6 is 0 Å². The van der Waals surface area contributed by atoms with E-state index in [2.05, 4.69) is 137 Å². The Hall–Kier alpha value is -4.89. The normalized spacial score (nSPS) is 11.9. The molecule has 0 amide bonds. The van der Waals surface area contributed by atoms with Gasteiger partial charge in [0.25, 0.3) is 0 Å². The SMILES string of the molecule is c1ccc(-n2c3ccccc3c3cc4c5ccccc5n(-c5ccc6ccccc6c5)c4nc32)cc1. The first-order chi connectivity index (χ1) is 17.9. The van der Waals surface area contributed by atoms with Gasteiger partial charge in [-0.3, -0.25) is 9.13 Å². The van der Waals surface area contributed by atoms with Gasteiger partial charge in [-0.2, -0.15) is 0 Å². The zero-order valence-corrected chi connectivity index (χ0v) is 19.5. The van der Waals surface area contributed by atoms with Crippen molar-refractivity contribution in [2.24, 2.45) is 0 Å². The van der Waals surface area contributed by atoms with Crippen molar-refractivity contribution in [3.05, 3.63) is 127 Å². The molecule has 0 saturated carbocycles. The summed E-state index contributed by atoms with van der Waals surface area (Å²) in [5.74, 6) is 0. The highest BCUT2D eigenvalue weighted by atomic mass is 15.1. The molecule has 0 aliphatic heterocycles. The van der Waals surface area contributed by atoms with Crippen molar-refractivity contribution in [3.63, 3.8) is 0 Å². The van der Waals surface area contributed by atoms with Crippen LogP contribution < -0.4 is 0 Å². The predicted octanol–water partition coefficient (Wildman–Crippen LogP) is 8.43. The van der Waals surface area contributed by atoms with Gasteiger partial charge < -0.3 is 0 Å². The van der Waals surface area contributed by atoms with Gasteiger partial charge >= 0.3 is 0 Å². The topological polar surface area (TPSA) is 22.8 Å². The first-order valence-corrected chi connectivity index (χ1v) is 12.2. The lowest BCUT2D eigenvalue weighted by molar-refractivity contribution is 1.11. The number of benzene rings is 5. The summed E-state index contributed by atoms with van der Waals surface area (Å²) in [7, 11) is 0. The number of para-hydroxylation sites is 3. The molecule has 0 unspecified atom stereocenters. The van der Waals surface area contributed by atoms with E-state index in [9.17, 15) is 0 Å². The van der Waals surface area contributed by atoms with Gasteiger partial charge in [0.05, 0.1) is 11.0 Å². The quantitative estimate of drug-likeness (QED) is 0.254. The van der Waals surface area contributed by atoms with E-state index in [0.29, 0.717) is 0 Å². The van der Waals surface area contributed by atoms with Crippen LogP contribution in [0.4, 0.5) is 0 Å². The molecule has 0 radical (unpaired) electrons. The summed E-state index contributed by atoms with van der Waals surface area (Å²) in [6, 6.07) is 45.3. The average Bonchev–Trinajstić information content (AvgIpc) is 3.44. The molecule has 0 atom stereocenters. The number of fused-ring (bicyclic) bond motifs is 7. The summed E-state index contributed by atoms with van der Waals surface area (Å²) < 4.78 is 4.59. The van der Waals surface area contributed by atoms with Gasteiger partial charge in [-0.15, -0.1) is 0 Å². The van der Waals surface area contributed by atoms with Crippen molar-refractivity contribution in [3.8, 4) is 11.4 Å². The molecule has 8 rings (SSSR count). The van der Waals surface area contributed by atoms with Gasteiger partial charge in [-0.25, -0.2) is 4.98 Å². The second kappa shape index (κ2) is 7.30. The second-order valence-corrected chi connectivity index (χ2v) is 9.30. The van der Waals surface area contributed by atoms with Gasteiger partial charge in [0.15, 0.2) is 0 Å². The molecule has 5 aromatic carbocycles. The Morgan fingerprint density at radius 3 is 1.64 bits per heavy atom. The van der Waals surface area contributed by atoms with Crippen LogP contribution in [-0.2, 0) is 0 Å². The number of pyridine rings is 1. The van der Waals surface area contributed by atoms with E-state index in [1.54, 1.807) is 0 Å². The molecule has 3 heterocycles. The first kappa shape index (κ1) is 19.4. The molecule has 0 fully saturated rings. The van der Waals surface area contributed by atoms with Crippen LogP contribution in [0.25, 0.3) is 66.0 Å². The molecule has 0 N–H and O–H groups in total. The summed E-state index contributed by atoms with van der Waals surface area (Å²) in [5.41, 5.74) is 6.51. The molecular formula is C33H21N3. The maximum Gasteiger partial charge on any atom is 0.148 e. The van der Waals surface area contributed by atoms with Gasteiger partial charge in [-0.05, 0) is 53.2 Å². The van der Waals surface area contributed by atoms with Crippen molar-refractivity contribution in [1.82, 2.24) is 14.1 Å². The molecule has 0 spiro atoms. The molecule has 0 bridgehead atoms. The Balaban J connectivity index is 1.55. The fourth-order valence-electron chi connectivity index (χ4n) is 5.67. The monoisotopic (exact) mass is 459 g/mol. The summed E-state index contributed by atoms with van der Waals surface area (Å²) in [6.45, 7) is 0. The lowest BCUT2D eigenvalue weighted by Gasteiger charge is -2.10. The molecule has 3 aromatic heterocycles. The smallest absolute Gasteiger partial charge is 0.148 e. The summed E-state index contributed by atoms with van der Waals surface area (Å²) in [4.78, 5) is 5.41. The van der Waals surface area contributed by atoms with E-state index in [1.165, 1.54) is 43.4 Å². The van der Waals surface area contributed by atoms with Gasteiger partial charge in [0, 0.05) is 32.9 Å². The van der Waals surface area contributed by atoms with E-state index in [4.69, 9.17) is 4.98 Å². The molecule has 0 saturated heterocycles. The Morgan fingerprint density at radius 2 is 0.944 bits per heavy atom. The minimum atomic E-state index is 0.971. The van der Waals surface area contributed by atoms with Crippen molar-refractivity contribution in [2.45, 2.75) is 0 Å². The molecular weight excluding hydrogens is 438 g/mol.